The minimum atomic E-state index is -4.96. The molecule has 2 rings (SSSR count). The Bertz CT molecular complexity index is 759. The quantitative estimate of drug-likeness (QED) is 0.439. The minimum Gasteiger partial charge on any atom is -0.410 e. The molecule has 0 fully saturated rings. The summed E-state index contributed by atoms with van der Waals surface area (Å²) in [5, 5.41) is 23.9. The van der Waals surface area contributed by atoms with Gasteiger partial charge in [0, 0.05) is 0 Å². The lowest BCUT2D eigenvalue weighted by Crippen LogP contribution is -2.36. The van der Waals surface area contributed by atoms with Crippen LogP contribution in [0, 0.1) is 10.1 Å². The predicted octanol–water partition coefficient (Wildman–Crippen LogP) is 2.34. The van der Waals surface area contributed by atoms with E-state index in [0.29, 0.717) is 6.07 Å². The van der Waals surface area contributed by atoms with E-state index in [0.717, 1.165) is 0 Å². The molecule has 0 saturated carbocycles. The fraction of sp³-hybridized carbons (Fsp3) is 0.100. The van der Waals surface area contributed by atoms with Crippen molar-refractivity contribution >= 4 is 44.7 Å². The number of carbonyl (C=O) groups excluding carboxylic acids is 2. The third kappa shape index (κ3) is 2.30. The molecule has 1 amide bonds. The molecule has 0 saturated heterocycles. The SMILES string of the molecule is O=C1Nc2cc(C(F)(F)F)c(Br)c([N+](=O)[O-])c2C(=O)/C1=N/O. The van der Waals surface area contributed by atoms with Crippen LogP contribution in [-0.4, -0.2) is 27.5 Å². The van der Waals surface area contributed by atoms with Gasteiger partial charge >= 0.3 is 6.18 Å². The maximum atomic E-state index is 12.9. The summed E-state index contributed by atoms with van der Waals surface area (Å²) in [5.74, 6) is -2.63. The van der Waals surface area contributed by atoms with E-state index in [4.69, 9.17) is 5.21 Å². The Kier molecular flexibility index (Phi) is 3.64. The molecule has 0 aromatic heterocycles. The highest BCUT2D eigenvalue weighted by Gasteiger charge is 2.44. The lowest BCUT2D eigenvalue weighted by atomic mass is 9.96. The first-order chi connectivity index (χ1) is 10.1. The second-order valence-electron chi connectivity index (χ2n) is 4.00. The Labute approximate surface area is 126 Å². The molecule has 1 aliphatic rings. The molecule has 0 radical (unpaired) electrons. The summed E-state index contributed by atoms with van der Waals surface area (Å²) < 4.78 is 37.7. The molecule has 0 bridgehead atoms. The number of halogens is 4. The van der Waals surface area contributed by atoms with Crippen molar-refractivity contribution < 1.29 is 32.9 Å². The number of amides is 1. The zero-order valence-electron chi connectivity index (χ0n) is 10.1. The van der Waals surface area contributed by atoms with Gasteiger partial charge in [-0.25, -0.2) is 0 Å². The van der Waals surface area contributed by atoms with E-state index >= 15 is 0 Å². The third-order valence-corrected chi connectivity index (χ3v) is 3.54. The van der Waals surface area contributed by atoms with Crippen LogP contribution in [0.15, 0.2) is 15.7 Å². The molecule has 2 N–H and O–H groups in total. The van der Waals surface area contributed by atoms with Gasteiger partial charge in [-0.2, -0.15) is 13.2 Å². The lowest BCUT2D eigenvalue weighted by molar-refractivity contribution is -0.386. The van der Waals surface area contributed by atoms with E-state index in [-0.39, 0.29) is 0 Å². The Morgan fingerprint density at radius 1 is 1.36 bits per heavy atom. The summed E-state index contributed by atoms with van der Waals surface area (Å²) in [7, 11) is 0. The summed E-state index contributed by atoms with van der Waals surface area (Å²) in [6.45, 7) is 0. The number of carbonyl (C=O) groups is 2. The molecule has 0 aliphatic carbocycles. The molecule has 0 unspecified atom stereocenters. The van der Waals surface area contributed by atoms with Crippen LogP contribution in [0.2, 0.25) is 0 Å². The molecule has 116 valence electrons. The van der Waals surface area contributed by atoms with Crippen molar-refractivity contribution in [3.05, 3.63) is 31.8 Å². The first-order valence-corrected chi connectivity index (χ1v) is 6.05. The molecule has 1 aromatic carbocycles. The van der Waals surface area contributed by atoms with Crippen LogP contribution in [-0.2, 0) is 11.0 Å². The number of alkyl halides is 3. The van der Waals surface area contributed by atoms with E-state index < -0.39 is 55.5 Å². The number of benzene rings is 1. The van der Waals surface area contributed by atoms with E-state index in [9.17, 15) is 32.9 Å². The summed E-state index contributed by atoms with van der Waals surface area (Å²) in [6, 6.07) is 0.385. The van der Waals surface area contributed by atoms with Gasteiger partial charge in [0.15, 0.2) is 0 Å². The molecular weight excluding hydrogens is 379 g/mol. The van der Waals surface area contributed by atoms with Crippen molar-refractivity contribution in [2.75, 3.05) is 5.32 Å². The highest BCUT2D eigenvalue weighted by molar-refractivity contribution is 9.10. The van der Waals surface area contributed by atoms with Gasteiger partial charge in [-0.3, -0.25) is 19.7 Å². The Hall–Kier alpha value is -2.50. The first kappa shape index (κ1) is 15.9. The van der Waals surface area contributed by atoms with Gasteiger partial charge in [-0.1, -0.05) is 5.16 Å². The maximum absolute atomic E-state index is 12.9. The van der Waals surface area contributed by atoms with Gasteiger partial charge in [0.25, 0.3) is 11.6 Å². The number of nitro benzene ring substituents is 1. The fourth-order valence-electron chi connectivity index (χ4n) is 1.84. The highest BCUT2D eigenvalue weighted by atomic mass is 79.9. The number of ketones is 1. The number of hydrogen-bond acceptors (Lipinski definition) is 6. The number of nitrogens with one attached hydrogen (secondary N) is 1. The standard InChI is InChI=1S/C10H3BrF3N3O5/c11-5-2(10(12,13)14)1-3-4(7(5)17(21)22)8(18)6(16-20)9(19)15-3/h1,20H,(H,15,19)/b16-6-. The van der Waals surface area contributed by atoms with E-state index in [1.165, 1.54) is 0 Å². The number of nitro groups is 1. The number of anilines is 1. The summed E-state index contributed by atoms with van der Waals surface area (Å²) in [4.78, 5) is 33.2. The normalized spacial score (nSPS) is 16.5. The van der Waals surface area contributed by atoms with Gasteiger partial charge < -0.3 is 10.5 Å². The Morgan fingerprint density at radius 2 is 1.95 bits per heavy atom. The fourth-order valence-corrected chi connectivity index (χ4v) is 2.53. The van der Waals surface area contributed by atoms with Crippen molar-refractivity contribution in [3.63, 3.8) is 0 Å². The minimum absolute atomic E-state index is 0.385. The number of Topliss-reactive ketones (excluding diaryl/α,β-unsaturated/α-hetero) is 1. The van der Waals surface area contributed by atoms with Crippen molar-refractivity contribution in [2.45, 2.75) is 6.18 Å². The molecule has 8 nitrogen and oxygen atoms in total. The summed E-state index contributed by atoms with van der Waals surface area (Å²) in [5.41, 5.74) is -5.18. The summed E-state index contributed by atoms with van der Waals surface area (Å²) in [6.07, 6.45) is -4.96. The number of hydrogen-bond donors (Lipinski definition) is 2. The zero-order chi connectivity index (χ0) is 16.8. The van der Waals surface area contributed by atoms with Gasteiger partial charge in [-0.05, 0) is 22.0 Å². The van der Waals surface area contributed by atoms with Crippen LogP contribution in [0.1, 0.15) is 15.9 Å². The molecule has 22 heavy (non-hydrogen) atoms. The first-order valence-electron chi connectivity index (χ1n) is 5.25. The third-order valence-electron chi connectivity index (χ3n) is 2.73. The van der Waals surface area contributed by atoms with Crippen molar-refractivity contribution in [1.29, 1.82) is 0 Å². The van der Waals surface area contributed by atoms with Crippen LogP contribution >= 0.6 is 15.9 Å². The zero-order valence-corrected chi connectivity index (χ0v) is 11.6. The molecular formula is C10H3BrF3N3O5. The molecule has 0 atom stereocenters. The smallest absolute Gasteiger partial charge is 0.410 e. The topological polar surface area (TPSA) is 122 Å². The lowest BCUT2D eigenvalue weighted by Gasteiger charge is -2.19. The number of fused-ring (bicyclic) bond motifs is 1. The van der Waals surface area contributed by atoms with Crippen molar-refractivity contribution in [2.24, 2.45) is 5.16 Å². The average Bonchev–Trinajstić information content (AvgIpc) is 2.37. The molecule has 1 aliphatic heterocycles. The number of rotatable bonds is 1. The molecule has 1 aromatic rings. The van der Waals surface area contributed by atoms with Gasteiger partial charge in [-0.15, -0.1) is 0 Å². The van der Waals surface area contributed by atoms with Crippen LogP contribution in [0.5, 0.6) is 0 Å². The predicted molar refractivity (Wildman–Crippen MR) is 68.0 cm³/mol. The maximum Gasteiger partial charge on any atom is 0.417 e. The summed E-state index contributed by atoms with van der Waals surface area (Å²) >= 11 is 2.45. The molecule has 0 spiro atoms. The Morgan fingerprint density at radius 3 is 2.41 bits per heavy atom. The van der Waals surface area contributed by atoms with Gasteiger partial charge in [0.05, 0.1) is 16.2 Å². The van der Waals surface area contributed by atoms with Crippen molar-refractivity contribution in [3.8, 4) is 0 Å². The van der Waals surface area contributed by atoms with E-state index in [2.05, 4.69) is 21.1 Å². The van der Waals surface area contributed by atoms with Gasteiger partial charge in [0.1, 0.15) is 10.0 Å². The monoisotopic (exact) mass is 381 g/mol. The molecule has 1 heterocycles. The highest BCUT2D eigenvalue weighted by Crippen LogP contribution is 2.45. The van der Waals surface area contributed by atoms with Crippen LogP contribution in [0.25, 0.3) is 0 Å². The second kappa shape index (κ2) is 5.05. The van der Waals surface area contributed by atoms with E-state index in [1.54, 1.807) is 0 Å². The Balaban J connectivity index is 2.89. The van der Waals surface area contributed by atoms with E-state index in [1.807, 2.05) is 5.32 Å². The van der Waals surface area contributed by atoms with Crippen molar-refractivity contribution in [1.82, 2.24) is 0 Å². The average molecular weight is 382 g/mol. The van der Waals surface area contributed by atoms with Crippen LogP contribution in [0.4, 0.5) is 24.5 Å². The van der Waals surface area contributed by atoms with Crippen LogP contribution < -0.4 is 5.32 Å². The number of nitrogens with zero attached hydrogens (tertiary/aromatic N) is 2. The van der Waals surface area contributed by atoms with Crippen LogP contribution in [0.3, 0.4) is 0 Å². The van der Waals surface area contributed by atoms with Gasteiger partial charge in [0.2, 0.25) is 11.5 Å². The largest absolute Gasteiger partial charge is 0.417 e. The second-order valence-corrected chi connectivity index (χ2v) is 4.79. The molecule has 12 heteroatoms. The number of oxime groups is 1.